The van der Waals surface area contributed by atoms with Crippen molar-refractivity contribution < 1.29 is 0 Å². The zero-order valence-corrected chi connectivity index (χ0v) is 9.87. The lowest BCUT2D eigenvalue weighted by Gasteiger charge is -2.37. The van der Waals surface area contributed by atoms with Gasteiger partial charge in [0.25, 0.3) is 0 Å². The first-order valence-corrected chi connectivity index (χ1v) is 6.21. The second-order valence-electron chi connectivity index (χ2n) is 4.40. The van der Waals surface area contributed by atoms with E-state index in [1.807, 2.05) is 0 Å². The van der Waals surface area contributed by atoms with Gasteiger partial charge in [0.15, 0.2) is 0 Å². The van der Waals surface area contributed by atoms with Crippen LogP contribution in [0.2, 0.25) is 0 Å². The maximum absolute atomic E-state index is 2.61. The van der Waals surface area contributed by atoms with Gasteiger partial charge < -0.3 is 4.90 Å². The van der Waals surface area contributed by atoms with E-state index in [1.54, 1.807) is 0 Å². The SMILES string of the molecule is CCC(CC)N1CCCc2ccccc21. The van der Waals surface area contributed by atoms with Crippen LogP contribution >= 0.6 is 0 Å². The molecule has 1 heteroatoms. The Morgan fingerprint density at radius 1 is 1.20 bits per heavy atom. The van der Waals surface area contributed by atoms with E-state index < -0.39 is 0 Å². The quantitative estimate of drug-likeness (QED) is 0.725. The van der Waals surface area contributed by atoms with Gasteiger partial charge in [0.05, 0.1) is 0 Å². The molecule has 82 valence electrons. The van der Waals surface area contributed by atoms with Crippen LogP contribution in [-0.2, 0) is 6.42 Å². The summed E-state index contributed by atoms with van der Waals surface area (Å²) in [7, 11) is 0. The Bertz CT molecular complexity index is 315. The molecule has 1 aromatic carbocycles. The lowest BCUT2D eigenvalue weighted by Crippen LogP contribution is -2.38. The van der Waals surface area contributed by atoms with Crippen LogP contribution in [0.15, 0.2) is 24.3 Å². The number of rotatable bonds is 3. The highest BCUT2D eigenvalue weighted by Gasteiger charge is 2.21. The Balaban J connectivity index is 2.28. The van der Waals surface area contributed by atoms with Crippen molar-refractivity contribution in [1.29, 1.82) is 0 Å². The fourth-order valence-corrected chi connectivity index (χ4v) is 2.67. The predicted molar refractivity (Wildman–Crippen MR) is 66.5 cm³/mol. The van der Waals surface area contributed by atoms with Crippen molar-refractivity contribution >= 4 is 5.69 Å². The summed E-state index contributed by atoms with van der Waals surface area (Å²) >= 11 is 0. The molecule has 2 rings (SSSR count). The number of hydrogen-bond donors (Lipinski definition) is 0. The average molecular weight is 203 g/mol. The highest BCUT2D eigenvalue weighted by molar-refractivity contribution is 5.56. The van der Waals surface area contributed by atoms with Crippen molar-refractivity contribution in [3.05, 3.63) is 29.8 Å². The van der Waals surface area contributed by atoms with Crippen LogP contribution in [0, 0.1) is 0 Å². The molecule has 0 saturated heterocycles. The van der Waals surface area contributed by atoms with Gasteiger partial charge in [0, 0.05) is 18.3 Å². The van der Waals surface area contributed by atoms with E-state index in [4.69, 9.17) is 0 Å². The van der Waals surface area contributed by atoms with Crippen LogP contribution < -0.4 is 4.90 Å². The maximum Gasteiger partial charge on any atom is 0.0401 e. The summed E-state index contributed by atoms with van der Waals surface area (Å²) in [5.41, 5.74) is 3.02. The van der Waals surface area contributed by atoms with Gasteiger partial charge in [-0.25, -0.2) is 0 Å². The van der Waals surface area contributed by atoms with Crippen molar-refractivity contribution in [2.75, 3.05) is 11.4 Å². The molecule has 0 saturated carbocycles. The van der Waals surface area contributed by atoms with Gasteiger partial charge in [0.1, 0.15) is 0 Å². The van der Waals surface area contributed by atoms with Crippen LogP contribution in [0.3, 0.4) is 0 Å². The summed E-state index contributed by atoms with van der Waals surface area (Å²) in [6.45, 7) is 5.83. The highest BCUT2D eigenvalue weighted by Crippen LogP contribution is 2.29. The van der Waals surface area contributed by atoms with E-state index in [9.17, 15) is 0 Å². The third-order valence-corrected chi connectivity index (χ3v) is 3.53. The van der Waals surface area contributed by atoms with Crippen LogP contribution in [0.4, 0.5) is 5.69 Å². The fraction of sp³-hybridized carbons (Fsp3) is 0.571. The third kappa shape index (κ3) is 2.01. The van der Waals surface area contributed by atoms with Crippen molar-refractivity contribution in [2.45, 2.75) is 45.6 Å². The largest absolute Gasteiger partial charge is 0.368 e. The molecule has 0 atom stereocenters. The molecule has 0 N–H and O–H groups in total. The Morgan fingerprint density at radius 3 is 2.67 bits per heavy atom. The molecule has 0 fully saturated rings. The minimum Gasteiger partial charge on any atom is -0.368 e. The normalized spacial score (nSPS) is 15.5. The Kier molecular flexibility index (Phi) is 3.30. The van der Waals surface area contributed by atoms with Gasteiger partial charge in [-0.1, -0.05) is 32.0 Å². The first kappa shape index (κ1) is 10.5. The topological polar surface area (TPSA) is 3.24 Å². The van der Waals surface area contributed by atoms with Crippen molar-refractivity contribution in [1.82, 2.24) is 0 Å². The molecule has 0 aliphatic carbocycles. The molecule has 0 aromatic heterocycles. The maximum atomic E-state index is 2.61. The molecule has 1 aliphatic rings. The summed E-state index contributed by atoms with van der Waals surface area (Å²) in [4.78, 5) is 2.61. The Morgan fingerprint density at radius 2 is 1.93 bits per heavy atom. The molecular formula is C14H21N. The average Bonchev–Trinajstić information content (AvgIpc) is 2.31. The number of para-hydroxylation sites is 1. The highest BCUT2D eigenvalue weighted by atomic mass is 15.2. The predicted octanol–water partition coefficient (Wildman–Crippen LogP) is 3.63. The number of benzene rings is 1. The van der Waals surface area contributed by atoms with Gasteiger partial charge >= 0.3 is 0 Å². The lowest BCUT2D eigenvalue weighted by atomic mass is 9.98. The summed E-state index contributed by atoms with van der Waals surface area (Å²) in [6, 6.07) is 9.62. The van der Waals surface area contributed by atoms with E-state index in [0.29, 0.717) is 0 Å². The first-order valence-electron chi connectivity index (χ1n) is 6.21. The zero-order valence-electron chi connectivity index (χ0n) is 9.87. The Hall–Kier alpha value is -0.980. The first-order chi connectivity index (χ1) is 7.36. The number of aryl methyl sites for hydroxylation is 1. The second kappa shape index (κ2) is 4.69. The monoisotopic (exact) mass is 203 g/mol. The van der Waals surface area contributed by atoms with Crippen LogP contribution in [0.25, 0.3) is 0 Å². The lowest BCUT2D eigenvalue weighted by molar-refractivity contribution is 0.533. The molecule has 0 spiro atoms. The van der Waals surface area contributed by atoms with Crippen LogP contribution in [0.5, 0.6) is 0 Å². The third-order valence-electron chi connectivity index (χ3n) is 3.53. The molecule has 0 bridgehead atoms. The van der Waals surface area contributed by atoms with Gasteiger partial charge in [-0.2, -0.15) is 0 Å². The van der Waals surface area contributed by atoms with Gasteiger partial charge in [-0.3, -0.25) is 0 Å². The molecule has 1 nitrogen and oxygen atoms in total. The van der Waals surface area contributed by atoms with E-state index in [1.165, 1.54) is 43.5 Å². The summed E-state index contributed by atoms with van der Waals surface area (Å²) in [5.74, 6) is 0. The van der Waals surface area contributed by atoms with Crippen LogP contribution in [0.1, 0.15) is 38.7 Å². The van der Waals surface area contributed by atoms with E-state index >= 15 is 0 Å². The fourth-order valence-electron chi connectivity index (χ4n) is 2.67. The van der Waals surface area contributed by atoms with Gasteiger partial charge in [-0.05, 0) is 37.3 Å². The van der Waals surface area contributed by atoms with Crippen LogP contribution in [-0.4, -0.2) is 12.6 Å². The molecular weight excluding hydrogens is 182 g/mol. The number of hydrogen-bond acceptors (Lipinski definition) is 1. The number of nitrogens with zero attached hydrogens (tertiary/aromatic N) is 1. The van der Waals surface area contributed by atoms with E-state index in [0.717, 1.165) is 6.04 Å². The summed E-state index contributed by atoms with van der Waals surface area (Å²) < 4.78 is 0. The minimum absolute atomic E-state index is 0.728. The van der Waals surface area contributed by atoms with Crippen molar-refractivity contribution in [3.8, 4) is 0 Å². The number of anilines is 1. The summed E-state index contributed by atoms with van der Waals surface area (Å²) in [6.07, 6.45) is 5.08. The molecule has 1 aromatic rings. The second-order valence-corrected chi connectivity index (χ2v) is 4.40. The van der Waals surface area contributed by atoms with Gasteiger partial charge in [0.2, 0.25) is 0 Å². The zero-order chi connectivity index (χ0) is 10.7. The molecule has 0 amide bonds. The molecule has 0 radical (unpaired) electrons. The van der Waals surface area contributed by atoms with E-state index in [2.05, 4.69) is 43.0 Å². The standard InChI is InChI=1S/C14H21N/c1-3-13(4-2)15-11-7-9-12-8-5-6-10-14(12)15/h5-6,8,10,13H,3-4,7,9,11H2,1-2H3. The smallest absolute Gasteiger partial charge is 0.0401 e. The minimum atomic E-state index is 0.728. The summed E-state index contributed by atoms with van der Waals surface area (Å²) in [5, 5.41) is 0. The number of fused-ring (bicyclic) bond motifs is 1. The Labute approximate surface area is 93.1 Å². The molecule has 1 aliphatic heterocycles. The van der Waals surface area contributed by atoms with Crippen molar-refractivity contribution in [2.24, 2.45) is 0 Å². The molecule has 15 heavy (non-hydrogen) atoms. The van der Waals surface area contributed by atoms with Crippen molar-refractivity contribution in [3.63, 3.8) is 0 Å². The van der Waals surface area contributed by atoms with E-state index in [-0.39, 0.29) is 0 Å². The molecule has 1 heterocycles. The molecule has 0 unspecified atom stereocenters. The van der Waals surface area contributed by atoms with Gasteiger partial charge in [-0.15, -0.1) is 0 Å².